The molecule has 1 fully saturated rings. The first kappa shape index (κ1) is 7.76. The van der Waals surface area contributed by atoms with E-state index in [0.29, 0.717) is 6.54 Å². The molecule has 0 aliphatic carbocycles. The summed E-state index contributed by atoms with van der Waals surface area (Å²) in [5, 5.41) is 18.4. The van der Waals surface area contributed by atoms with E-state index in [1.54, 1.807) is 4.90 Å². The topological polar surface area (TPSA) is 60.8 Å². The fraction of sp³-hybridized carbons (Fsp3) is 0.625. The van der Waals surface area contributed by atoms with Gasteiger partial charge in [0.2, 0.25) is 5.91 Å². The molecule has 1 amide bonds. The van der Waals surface area contributed by atoms with Crippen molar-refractivity contribution in [2.75, 3.05) is 13.2 Å². The highest BCUT2D eigenvalue weighted by molar-refractivity contribution is 5.81. The molecule has 0 spiro atoms. The van der Waals surface area contributed by atoms with Gasteiger partial charge in [-0.2, -0.15) is 0 Å². The minimum Gasteiger partial charge on any atom is -0.392 e. The molecule has 0 saturated carbocycles. The van der Waals surface area contributed by atoms with Gasteiger partial charge in [0.05, 0.1) is 25.2 Å². The summed E-state index contributed by atoms with van der Waals surface area (Å²) in [6.07, 6.45) is 1.38. The molecule has 66 valence electrons. The molecule has 1 saturated heterocycles. The van der Waals surface area contributed by atoms with Crippen LogP contribution in [0, 0.1) is 0 Å². The average Bonchev–Trinajstić information content (AvgIpc) is 2.55. The van der Waals surface area contributed by atoms with Gasteiger partial charge < -0.3 is 15.1 Å². The highest BCUT2D eigenvalue weighted by Gasteiger charge is 2.42. The first-order chi connectivity index (χ1) is 5.74. The SMILES string of the molecule is O=C1C[C@@H](O)[C@@H]2C(CO)=CCN12. The molecule has 0 aromatic rings. The fourth-order valence-corrected chi connectivity index (χ4v) is 1.93. The molecule has 2 aliphatic rings. The zero-order valence-corrected chi connectivity index (χ0v) is 6.60. The van der Waals surface area contributed by atoms with Crippen LogP contribution in [-0.2, 0) is 4.79 Å². The van der Waals surface area contributed by atoms with Gasteiger partial charge in [-0.1, -0.05) is 6.08 Å². The van der Waals surface area contributed by atoms with Gasteiger partial charge in [0.25, 0.3) is 0 Å². The molecule has 2 heterocycles. The van der Waals surface area contributed by atoms with Crippen LogP contribution in [0.3, 0.4) is 0 Å². The molecule has 4 heteroatoms. The second kappa shape index (κ2) is 2.57. The summed E-state index contributed by atoms with van der Waals surface area (Å²) < 4.78 is 0. The van der Waals surface area contributed by atoms with Crippen molar-refractivity contribution in [2.24, 2.45) is 0 Å². The first-order valence-corrected chi connectivity index (χ1v) is 4.01. The third-order valence-corrected chi connectivity index (χ3v) is 2.52. The Labute approximate surface area is 70.1 Å². The van der Waals surface area contributed by atoms with Crippen molar-refractivity contribution in [1.29, 1.82) is 0 Å². The second-order valence-electron chi connectivity index (χ2n) is 3.20. The minimum absolute atomic E-state index is 0.0211. The van der Waals surface area contributed by atoms with E-state index in [-0.39, 0.29) is 25.0 Å². The summed E-state index contributed by atoms with van der Waals surface area (Å²) in [5.41, 5.74) is 0.772. The van der Waals surface area contributed by atoms with E-state index in [4.69, 9.17) is 5.11 Å². The predicted octanol–water partition coefficient (Wildman–Crippen LogP) is -1.12. The third-order valence-electron chi connectivity index (χ3n) is 2.52. The van der Waals surface area contributed by atoms with Gasteiger partial charge in [-0.15, -0.1) is 0 Å². The Morgan fingerprint density at radius 2 is 2.42 bits per heavy atom. The molecule has 12 heavy (non-hydrogen) atoms. The number of carbonyl (C=O) groups is 1. The maximum Gasteiger partial charge on any atom is 0.226 e. The van der Waals surface area contributed by atoms with Gasteiger partial charge in [-0.05, 0) is 5.57 Å². The van der Waals surface area contributed by atoms with Crippen LogP contribution in [0.5, 0.6) is 0 Å². The molecule has 2 atom stereocenters. The fourth-order valence-electron chi connectivity index (χ4n) is 1.93. The van der Waals surface area contributed by atoms with Crippen molar-refractivity contribution in [3.05, 3.63) is 11.6 Å². The predicted molar refractivity (Wildman–Crippen MR) is 41.3 cm³/mol. The number of hydrogen-bond acceptors (Lipinski definition) is 3. The summed E-state index contributed by atoms with van der Waals surface area (Å²) in [6.45, 7) is 0.474. The molecule has 0 unspecified atom stereocenters. The summed E-state index contributed by atoms with van der Waals surface area (Å²) in [4.78, 5) is 12.8. The van der Waals surface area contributed by atoms with Crippen molar-refractivity contribution in [1.82, 2.24) is 4.90 Å². The van der Waals surface area contributed by atoms with Crippen molar-refractivity contribution < 1.29 is 15.0 Å². The van der Waals surface area contributed by atoms with E-state index in [1.807, 2.05) is 6.08 Å². The van der Waals surface area contributed by atoms with Crippen LogP contribution in [0.1, 0.15) is 6.42 Å². The maximum atomic E-state index is 11.2. The molecule has 2 N–H and O–H groups in total. The van der Waals surface area contributed by atoms with Crippen molar-refractivity contribution >= 4 is 5.91 Å². The van der Waals surface area contributed by atoms with Crippen LogP contribution in [0.4, 0.5) is 0 Å². The lowest BCUT2D eigenvalue weighted by atomic mass is 10.1. The number of amides is 1. The van der Waals surface area contributed by atoms with E-state index in [1.165, 1.54) is 0 Å². The standard InChI is InChI=1S/C8H11NO3/c10-4-5-1-2-9-7(12)3-6(11)8(5)9/h1,6,8,10-11H,2-4H2/t6-,8+/m1/s1. The molecule has 4 nitrogen and oxygen atoms in total. The van der Waals surface area contributed by atoms with E-state index in [2.05, 4.69) is 0 Å². The molecular weight excluding hydrogens is 158 g/mol. The van der Waals surface area contributed by atoms with E-state index in [9.17, 15) is 9.90 Å². The molecule has 0 radical (unpaired) electrons. The zero-order valence-electron chi connectivity index (χ0n) is 6.60. The quantitative estimate of drug-likeness (QED) is 0.489. The number of nitrogens with zero attached hydrogens (tertiary/aromatic N) is 1. The molecule has 0 bridgehead atoms. The molecule has 0 aromatic carbocycles. The lowest BCUT2D eigenvalue weighted by molar-refractivity contribution is -0.127. The highest BCUT2D eigenvalue weighted by Crippen LogP contribution is 2.29. The number of aliphatic hydroxyl groups excluding tert-OH is 2. The molecule has 2 aliphatic heterocycles. The second-order valence-corrected chi connectivity index (χ2v) is 3.20. The molecule has 0 aromatic heterocycles. The Bertz CT molecular complexity index is 249. The van der Waals surface area contributed by atoms with Crippen LogP contribution < -0.4 is 0 Å². The van der Waals surface area contributed by atoms with Crippen molar-refractivity contribution in [2.45, 2.75) is 18.6 Å². The van der Waals surface area contributed by atoms with Crippen LogP contribution in [-0.4, -0.2) is 46.3 Å². The smallest absolute Gasteiger partial charge is 0.226 e. The maximum absolute atomic E-state index is 11.2. The Hall–Kier alpha value is -0.870. The van der Waals surface area contributed by atoms with Gasteiger partial charge in [-0.25, -0.2) is 0 Å². The van der Waals surface area contributed by atoms with Gasteiger partial charge in [0.15, 0.2) is 0 Å². The van der Waals surface area contributed by atoms with Gasteiger partial charge in [-0.3, -0.25) is 4.79 Å². The third kappa shape index (κ3) is 0.884. The zero-order chi connectivity index (χ0) is 8.72. The molecule has 2 rings (SSSR count). The first-order valence-electron chi connectivity index (χ1n) is 4.01. The minimum atomic E-state index is -0.626. The lowest BCUT2D eigenvalue weighted by Crippen LogP contribution is -2.34. The van der Waals surface area contributed by atoms with Crippen LogP contribution in [0.2, 0.25) is 0 Å². The van der Waals surface area contributed by atoms with Crippen LogP contribution in [0.15, 0.2) is 11.6 Å². The van der Waals surface area contributed by atoms with E-state index >= 15 is 0 Å². The normalized spacial score (nSPS) is 34.0. The molecular formula is C8H11NO3. The van der Waals surface area contributed by atoms with Gasteiger partial charge in [0, 0.05) is 6.54 Å². The lowest BCUT2D eigenvalue weighted by Gasteiger charge is -2.19. The van der Waals surface area contributed by atoms with Crippen molar-refractivity contribution in [3.8, 4) is 0 Å². The average molecular weight is 169 g/mol. The highest BCUT2D eigenvalue weighted by atomic mass is 16.3. The Morgan fingerprint density at radius 1 is 1.67 bits per heavy atom. The summed E-state index contributed by atoms with van der Waals surface area (Å²) >= 11 is 0. The van der Waals surface area contributed by atoms with Gasteiger partial charge >= 0.3 is 0 Å². The van der Waals surface area contributed by atoms with Crippen LogP contribution in [0.25, 0.3) is 0 Å². The number of hydrogen-bond donors (Lipinski definition) is 2. The summed E-state index contributed by atoms with van der Waals surface area (Å²) in [5.74, 6) is -0.0211. The van der Waals surface area contributed by atoms with Crippen LogP contribution >= 0.6 is 0 Å². The van der Waals surface area contributed by atoms with E-state index < -0.39 is 6.10 Å². The monoisotopic (exact) mass is 169 g/mol. The van der Waals surface area contributed by atoms with Gasteiger partial charge in [0.1, 0.15) is 0 Å². The Balaban J connectivity index is 2.23. The Kier molecular flexibility index (Phi) is 1.66. The number of fused-ring (bicyclic) bond motifs is 1. The van der Waals surface area contributed by atoms with E-state index in [0.717, 1.165) is 5.57 Å². The number of carbonyl (C=O) groups excluding carboxylic acids is 1. The number of rotatable bonds is 1. The summed E-state index contributed by atoms with van der Waals surface area (Å²) in [6, 6.07) is -0.248. The largest absolute Gasteiger partial charge is 0.392 e. The Morgan fingerprint density at radius 3 is 3.08 bits per heavy atom. The van der Waals surface area contributed by atoms with Crippen molar-refractivity contribution in [3.63, 3.8) is 0 Å². The summed E-state index contributed by atoms with van der Waals surface area (Å²) in [7, 11) is 0. The number of aliphatic hydroxyl groups is 2.